The SMILES string of the molecule is CC1=C(C(N)=O)C(c2cc(Br)ccc2OCc2ccc(C)cc2)n2ncnc2N1. The Labute approximate surface area is 176 Å². The summed E-state index contributed by atoms with van der Waals surface area (Å²) in [5, 5.41) is 7.39. The van der Waals surface area contributed by atoms with Crippen molar-refractivity contribution in [3.63, 3.8) is 0 Å². The molecule has 3 aromatic rings. The lowest BCUT2D eigenvalue weighted by atomic mass is 9.94. The van der Waals surface area contributed by atoms with Crippen LogP contribution in [0.4, 0.5) is 5.95 Å². The van der Waals surface area contributed by atoms with E-state index in [0.29, 0.717) is 29.6 Å². The number of aryl methyl sites for hydroxylation is 1. The molecule has 1 aliphatic rings. The fourth-order valence-corrected chi connectivity index (χ4v) is 3.79. The van der Waals surface area contributed by atoms with E-state index in [1.54, 1.807) is 11.6 Å². The number of hydrogen-bond donors (Lipinski definition) is 2. The third kappa shape index (κ3) is 3.75. The number of ether oxygens (including phenoxy) is 1. The highest BCUT2D eigenvalue weighted by Gasteiger charge is 2.34. The Kier molecular flexibility index (Phi) is 5.10. The number of benzene rings is 2. The van der Waals surface area contributed by atoms with Crippen LogP contribution in [0.5, 0.6) is 5.75 Å². The number of hydrogen-bond acceptors (Lipinski definition) is 5. The number of carbonyl (C=O) groups is 1. The van der Waals surface area contributed by atoms with Gasteiger partial charge >= 0.3 is 0 Å². The third-order valence-electron chi connectivity index (χ3n) is 4.84. The van der Waals surface area contributed by atoms with E-state index in [4.69, 9.17) is 10.5 Å². The molecule has 1 unspecified atom stereocenters. The molecule has 148 valence electrons. The van der Waals surface area contributed by atoms with Gasteiger partial charge in [-0.3, -0.25) is 4.79 Å². The van der Waals surface area contributed by atoms with Crippen molar-refractivity contribution in [3.05, 3.63) is 81.2 Å². The second-order valence-electron chi connectivity index (χ2n) is 6.92. The van der Waals surface area contributed by atoms with E-state index in [-0.39, 0.29) is 0 Å². The molecular weight excluding hydrogens is 434 g/mol. The number of aromatic nitrogens is 3. The number of nitrogens with one attached hydrogen (secondary N) is 1. The zero-order chi connectivity index (χ0) is 20.5. The van der Waals surface area contributed by atoms with E-state index in [0.717, 1.165) is 15.6 Å². The average Bonchev–Trinajstić information content (AvgIpc) is 3.15. The van der Waals surface area contributed by atoms with E-state index >= 15 is 0 Å². The molecule has 1 atom stereocenters. The summed E-state index contributed by atoms with van der Waals surface area (Å²) >= 11 is 3.52. The predicted octanol–water partition coefficient (Wildman–Crippen LogP) is 3.70. The molecule has 0 saturated carbocycles. The molecule has 8 heteroatoms. The van der Waals surface area contributed by atoms with Crippen molar-refractivity contribution < 1.29 is 9.53 Å². The van der Waals surface area contributed by atoms with E-state index in [9.17, 15) is 4.79 Å². The van der Waals surface area contributed by atoms with E-state index in [1.165, 1.54) is 11.9 Å². The predicted molar refractivity (Wildman–Crippen MR) is 113 cm³/mol. The van der Waals surface area contributed by atoms with Crippen LogP contribution in [0.2, 0.25) is 0 Å². The zero-order valence-corrected chi connectivity index (χ0v) is 17.6. The lowest BCUT2D eigenvalue weighted by Gasteiger charge is -2.29. The highest BCUT2D eigenvalue weighted by Crippen LogP contribution is 2.39. The van der Waals surface area contributed by atoms with Crippen molar-refractivity contribution >= 4 is 27.8 Å². The van der Waals surface area contributed by atoms with Crippen molar-refractivity contribution in [1.29, 1.82) is 0 Å². The number of halogens is 1. The molecule has 1 aromatic heterocycles. The first-order valence-electron chi connectivity index (χ1n) is 9.09. The van der Waals surface area contributed by atoms with E-state index in [2.05, 4.69) is 31.3 Å². The number of nitrogens with two attached hydrogens (primary N) is 1. The first-order chi connectivity index (χ1) is 13.9. The number of nitrogens with zero attached hydrogens (tertiary/aromatic N) is 3. The molecule has 0 radical (unpaired) electrons. The second-order valence-corrected chi connectivity index (χ2v) is 7.83. The highest BCUT2D eigenvalue weighted by atomic mass is 79.9. The lowest BCUT2D eigenvalue weighted by molar-refractivity contribution is -0.115. The van der Waals surface area contributed by atoms with Crippen molar-refractivity contribution in [2.45, 2.75) is 26.5 Å². The van der Waals surface area contributed by atoms with Gasteiger partial charge in [-0.05, 0) is 37.6 Å². The summed E-state index contributed by atoms with van der Waals surface area (Å²) < 4.78 is 8.65. The van der Waals surface area contributed by atoms with Crippen molar-refractivity contribution in [1.82, 2.24) is 14.8 Å². The van der Waals surface area contributed by atoms with Gasteiger partial charge in [-0.15, -0.1) is 0 Å². The van der Waals surface area contributed by atoms with Gasteiger partial charge in [0.05, 0.1) is 5.57 Å². The molecule has 2 heterocycles. The van der Waals surface area contributed by atoms with Crippen LogP contribution in [0.15, 0.2) is 64.5 Å². The highest BCUT2D eigenvalue weighted by molar-refractivity contribution is 9.10. The minimum atomic E-state index is -0.545. The van der Waals surface area contributed by atoms with Gasteiger partial charge in [-0.25, -0.2) is 4.68 Å². The molecule has 0 spiro atoms. The van der Waals surface area contributed by atoms with Crippen molar-refractivity contribution in [3.8, 4) is 5.75 Å². The van der Waals surface area contributed by atoms with Crippen LogP contribution in [0.25, 0.3) is 0 Å². The van der Waals surface area contributed by atoms with Crippen LogP contribution in [0, 0.1) is 6.92 Å². The fourth-order valence-electron chi connectivity index (χ4n) is 3.41. The van der Waals surface area contributed by atoms with Gasteiger partial charge in [-0.2, -0.15) is 10.1 Å². The first-order valence-corrected chi connectivity index (χ1v) is 9.88. The smallest absolute Gasteiger partial charge is 0.248 e. The fraction of sp³-hybridized carbons (Fsp3) is 0.190. The van der Waals surface area contributed by atoms with Crippen LogP contribution in [0.3, 0.4) is 0 Å². The molecule has 2 aromatic carbocycles. The Bertz CT molecular complexity index is 1100. The normalized spacial score (nSPS) is 15.6. The van der Waals surface area contributed by atoms with Crippen LogP contribution in [-0.4, -0.2) is 20.7 Å². The summed E-state index contributed by atoms with van der Waals surface area (Å²) in [6, 6.07) is 13.3. The van der Waals surface area contributed by atoms with E-state index in [1.807, 2.05) is 49.4 Å². The number of primary amides is 1. The standard InChI is InChI=1S/C21H20BrN5O2/c1-12-3-5-14(6-4-12)10-29-17-8-7-15(22)9-16(17)19-18(20(23)28)13(2)26-21-24-11-25-27(19)21/h3-9,11,19H,10H2,1-2H3,(H2,23,28)(H,24,25,26). The third-order valence-corrected chi connectivity index (χ3v) is 5.33. The molecule has 0 saturated heterocycles. The number of carbonyl (C=O) groups excluding carboxylic acids is 1. The summed E-state index contributed by atoms with van der Waals surface area (Å²) in [6.07, 6.45) is 1.44. The summed E-state index contributed by atoms with van der Waals surface area (Å²) in [6.45, 7) is 4.25. The maximum absolute atomic E-state index is 12.3. The van der Waals surface area contributed by atoms with Crippen LogP contribution in [0.1, 0.15) is 29.7 Å². The first kappa shape index (κ1) is 19.2. The number of allylic oxidation sites excluding steroid dienone is 1. The molecule has 7 nitrogen and oxygen atoms in total. The summed E-state index contributed by atoms with van der Waals surface area (Å²) in [5.74, 6) is 0.668. The molecule has 0 fully saturated rings. The number of fused-ring (bicyclic) bond motifs is 1. The van der Waals surface area contributed by atoms with Crippen LogP contribution >= 0.6 is 15.9 Å². The molecule has 0 aliphatic carbocycles. The van der Waals surface area contributed by atoms with Gasteiger partial charge in [0.1, 0.15) is 24.7 Å². The minimum absolute atomic E-state index is 0.401. The largest absolute Gasteiger partial charge is 0.489 e. The average molecular weight is 454 g/mol. The monoisotopic (exact) mass is 453 g/mol. The minimum Gasteiger partial charge on any atom is -0.489 e. The lowest BCUT2D eigenvalue weighted by Crippen LogP contribution is -2.32. The molecular formula is C21H20BrN5O2. The summed E-state index contributed by atoms with van der Waals surface area (Å²) in [7, 11) is 0. The molecule has 29 heavy (non-hydrogen) atoms. The Morgan fingerprint density at radius 3 is 2.72 bits per heavy atom. The maximum Gasteiger partial charge on any atom is 0.248 e. The summed E-state index contributed by atoms with van der Waals surface area (Å²) in [5.41, 5.74) is 9.81. The number of amides is 1. The molecule has 3 N–H and O–H groups in total. The van der Waals surface area contributed by atoms with Gasteiger partial charge < -0.3 is 15.8 Å². The van der Waals surface area contributed by atoms with Gasteiger partial charge in [0, 0.05) is 15.7 Å². The van der Waals surface area contributed by atoms with Gasteiger partial charge in [0.25, 0.3) is 0 Å². The maximum atomic E-state index is 12.3. The Hall–Kier alpha value is -3.13. The van der Waals surface area contributed by atoms with E-state index < -0.39 is 11.9 Å². The molecule has 1 amide bonds. The Morgan fingerprint density at radius 2 is 2.00 bits per heavy atom. The quantitative estimate of drug-likeness (QED) is 0.613. The number of anilines is 1. The van der Waals surface area contributed by atoms with Gasteiger partial charge in [0.2, 0.25) is 11.9 Å². The molecule has 4 rings (SSSR count). The van der Waals surface area contributed by atoms with Crippen molar-refractivity contribution in [2.24, 2.45) is 5.73 Å². The van der Waals surface area contributed by atoms with Gasteiger partial charge in [-0.1, -0.05) is 45.8 Å². The Morgan fingerprint density at radius 1 is 1.24 bits per heavy atom. The summed E-state index contributed by atoms with van der Waals surface area (Å²) in [4.78, 5) is 16.5. The van der Waals surface area contributed by atoms with Crippen LogP contribution < -0.4 is 15.8 Å². The molecule has 1 aliphatic heterocycles. The second kappa shape index (κ2) is 7.71. The van der Waals surface area contributed by atoms with Crippen LogP contribution in [-0.2, 0) is 11.4 Å². The van der Waals surface area contributed by atoms with Crippen molar-refractivity contribution in [2.75, 3.05) is 5.32 Å². The van der Waals surface area contributed by atoms with Gasteiger partial charge in [0.15, 0.2) is 0 Å². The number of rotatable bonds is 5. The zero-order valence-electron chi connectivity index (χ0n) is 16.0. The Balaban J connectivity index is 1.76. The topological polar surface area (TPSA) is 95.1 Å². The molecule has 0 bridgehead atoms.